The predicted molar refractivity (Wildman–Crippen MR) is 126 cm³/mol. The zero-order valence-corrected chi connectivity index (χ0v) is 17.5. The van der Waals surface area contributed by atoms with Crippen LogP contribution in [0.15, 0.2) is 79.1 Å². The zero-order chi connectivity index (χ0) is 21.2. The second-order valence-electron chi connectivity index (χ2n) is 7.61. The van der Waals surface area contributed by atoms with Crippen LogP contribution in [0.2, 0.25) is 0 Å². The highest BCUT2D eigenvalue weighted by atomic mass is 16.5. The largest absolute Gasteiger partial charge is 0.494 e. The number of nitrogens with two attached hydrogens (primary N) is 1. The van der Waals surface area contributed by atoms with Crippen LogP contribution in [0.1, 0.15) is 19.8 Å². The molecule has 0 aliphatic heterocycles. The quantitative estimate of drug-likeness (QED) is 0.351. The van der Waals surface area contributed by atoms with E-state index < -0.39 is 0 Å². The van der Waals surface area contributed by atoms with Crippen molar-refractivity contribution < 1.29 is 4.74 Å². The topological polar surface area (TPSA) is 65.4 Å². The molecule has 0 unspecified atom stereocenters. The molecular weight excluding hydrogens is 384 g/mol. The molecule has 0 aliphatic carbocycles. The highest BCUT2D eigenvalue weighted by Crippen LogP contribution is 2.34. The summed E-state index contributed by atoms with van der Waals surface area (Å²) in [7, 11) is 0. The summed E-state index contributed by atoms with van der Waals surface area (Å²) in [5, 5.41) is 2.37. The lowest BCUT2D eigenvalue weighted by atomic mass is 10.1. The van der Waals surface area contributed by atoms with Crippen LogP contribution >= 0.6 is 0 Å². The maximum absolute atomic E-state index is 6.31. The van der Waals surface area contributed by atoms with Gasteiger partial charge in [0.25, 0.3) is 0 Å². The van der Waals surface area contributed by atoms with E-state index in [1.165, 1.54) is 10.8 Å². The zero-order valence-electron chi connectivity index (χ0n) is 17.5. The van der Waals surface area contributed by atoms with Crippen LogP contribution in [0.4, 0.5) is 5.82 Å². The number of aromatic nitrogens is 3. The predicted octanol–water partition coefficient (Wildman–Crippen LogP) is 5.98. The lowest BCUT2D eigenvalue weighted by molar-refractivity contribution is 0.309. The Kier molecular flexibility index (Phi) is 5.00. The molecule has 5 heteroatoms. The summed E-state index contributed by atoms with van der Waals surface area (Å²) in [5.74, 6) is 2.12. The fourth-order valence-corrected chi connectivity index (χ4v) is 3.86. The Balaban J connectivity index is 1.65. The van der Waals surface area contributed by atoms with Crippen molar-refractivity contribution >= 4 is 22.1 Å². The van der Waals surface area contributed by atoms with Crippen LogP contribution in [-0.2, 0) is 0 Å². The standard InChI is InChI=1S/C26H24N4O/c1-2-3-15-31-22-10-6-9-20(17-22)23-24-25(27)28-13-14-30(24)26(29-23)21-12-11-18-7-4-5-8-19(18)16-21/h4-14,16-17H,2-3,15H2,1H3,(H2,27,28). The second kappa shape index (κ2) is 8.11. The Hall–Kier alpha value is -3.86. The Morgan fingerprint density at radius 3 is 2.68 bits per heavy atom. The monoisotopic (exact) mass is 408 g/mol. The molecule has 0 fully saturated rings. The molecule has 3 aromatic carbocycles. The number of ether oxygens (including phenoxy) is 1. The molecule has 2 N–H and O–H groups in total. The fraction of sp³-hybridized carbons (Fsp3) is 0.154. The lowest BCUT2D eigenvalue weighted by Gasteiger charge is -2.07. The van der Waals surface area contributed by atoms with Crippen molar-refractivity contribution in [2.24, 2.45) is 0 Å². The van der Waals surface area contributed by atoms with E-state index in [9.17, 15) is 0 Å². The summed E-state index contributed by atoms with van der Waals surface area (Å²) < 4.78 is 7.93. The highest BCUT2D eigenvalue weighted by molar-refractivity contribution is 5.91. The molecule has 0 radical (unpaired) electrons. The number of unbranched alkanes of at least 4 members (excludes halogenated alkanes) is 1. The van der Waals surface area contributed by atoms with E-state index in [2.05, 4.69) is 42.2 Å². The normalized spacial score (nSPS) is 11.3. The van der Waals surface area contributed by atoms with Crippen LogP contribution in [0.25, 0.3) is 38.9 Å². The average Bonchev–Trinajstić information content (AvgIpc) is 3.20. The van der Waals surface area contributed by atoms with E-state index in [1.54, 1.807) is 6.20 Å². The number of anilines is 1. The number of hydrogen-bond acceptors (Lipinski definition) is 4. The highest BCUT2D eigenvalue weighted by Gasteiger charge is 2.18. The van der Waals surface area contributed by atoms with Crippen molar-refractivity contribution in [1.29, 1.82) is 0 Å². The SMILES string of the molecule is CCCCOc1cccc(-c2nc(-c3ccc4ccccc4c3)n3ccnc(N)c23)c1. The van der Waals surface area contributed by atoms with Crippen molar-refractivity contribution in [2.45, 2.75) is 19.8 Å². The molecule has 0 spiro atoms. The van der Waals surface area contributed by atoms with Gasteiger partial charge in [0.2, 0.25) is 0 Å². The van der Waals surface area contributed by atoms with Gasteiger partial charge in [0.15, 0.2) is 0 Å². The van der Waals surface area contributed by atoms with Crippen LogP contribution < -0.4 is 10.5 Å². The summed E-state index contributed by atoms with van der Waals surface area (Å²) in [6.45, 7) is 2.86. The Labute approximate surface area is 181 Å². The maximum Gasteiger partial charge on any atom is 0.150 e. The second-order valence-corrected chi connectivity index (χ2v) is 7.61. The van der Waals surface area contributed by atoms with Crippen LogP contribution in [0.3, 0.4) is 0 Å². The molecule has 5 aromatic rings. The molecule has 2 heterocycles. The van der Waals surface area contributed by atoms with Gasteiger partial charge in [-0.1, -0.05) is 61.9 Å². The number of nitrogen functional groups attached to an aromatic ring is 1. The minimum Gasteiger partial charge on any atom is -0.494 e. The van der Waals surface area contributed by atoms with Gasteiger partial charge >= 0.3 is 0 Å². The van der Waals surface area contributed by atoms with Crippen LogP contribution in [-0.4, -0.2) is 21.0 Å². The number of hydrogen-bond donors (Lipinski definition) is 1. The van der Waals surface area contributed by atoms with E-state index in [0.29, 0.717) is 12.4 Å². The molecule has 2 aromatic heterocycles. The third-order valence-corrected chi connectivity index (χ3v) is 5.46. The summed E-state index contributed by atoms with van der Waals surface area (Å²) in [4.78, 5) is 9.34. The molecule has 154 valence electrons. The van der Waals surface area contributed by atoms with Crippen molar-refractivity contribution in [2.75, 3.05) is 12.3 Å². The summed E-state index contributed by atoms with van der Waals surface area (Å²) in [5.41, 5.74) is 9.90. The van der Waals surface area contributed by atoms with Gasteiger partial charge in [-0.05, 0) is 35.4 Å². The Morgan fingerprint density at radius 1 is 0.935 bits per heavy atom. The van der Waals surface area contributed by atoms with Crippen molar-refractivity contribution in [1.82, 2.24) is 14.4 Å². The van der Waals surface area contributed by atoms with Gasteiger partial charge < -0.3 is 10.5 Å². The summed E-state index contributed by atoms with van der Waals surface area (Å²) in [6, 6.07) is 22.7. The molecule has 31 heavy (non-hydrogen) atoms. The number of rotatable bonds is 6. The molecule has 5 rings (SSSR count). The third kappa shape index (κ3) is 3.59. The maximum atomic E-state index is 6.31. The first-order chi connectivity index (χ1) is 15.2. The van der Waals surface area contributed by atoms with E-state index in [0.717, 1.165) is 46.8 Å². The van der Waals surface area contributed by atoms with Gasteiger partial charge in [0.05, 0.1) is 6.61 Å². The average molecular weight is 409 g/mol. The first kappa shape index (κ1) is 19.1. The fourth-order valence-electron chi connectivity index (χ4n) is 3.86. The van der Waals surface area contributed by atoms with Gasteiger partial charge in [0, 0.05) is 23.5 Å². The first-order valence-electron chi connectivity index (χ1n) is 10.6. The van der Waals surface area contributed by atoms with Crippen molar-refractivity contribution in [3.8, 4) is 28.4 Å². The third-order valence-electron chi connectivity index (χ3n) is 5.46. The number of benzene rings is 3. The Morgan fingerprint density at radius 2 is 1.81 bits per heavy atom. The smallest absolute Gasteiger partial charge is 0.150 e. The van der Waals surface area contributed by atoms with E-state index in [1.807, 2.05) is 47.0 Å². The Bertz CT molecular complexity index is 1370. The minimum absolute atomic E-state index is 0.453. The minimum atomic E-state index is 0.453. The molecule has 0 amide bonds. The van der Waals surface area contributed by atoms with Crippen LogP contribution in [0.5, 0.6) is 5.75 Å². The number of imidazole rings is 1. The van der Waals surface area contributed by atoms with E-state index >= 15 is 0 Å². The molecule has 0 aliphatic rings. The van der Waals surface area contributed by atoms with Gasteiger partial charge in [0.1, 0.15) is 28.6 Å². The molecule has 0 saturated carbocycles. The molecule has 0 bridgehead atoms. The summed E-state index contributed by atoms with van der Waals surface area (Å²) >= 11 is 0. The lowest BCUT2D eigenvalue weighted by Crippen LogP contribution is -1.97. The molecular formula is C26H24N4O. The molecule has 5 nitrogen and oxygen atoms in total. The van der Waals surface area contributed by atoms with Gasteiger partial charge in [-0.2, -0.15) is 0 Å². The van der Waals surface area contributed by atoms with Gasteiger partial charge in [-0.15, -0.1) is 0 Å². The number of fused-ring (bicyclic) bond motifs is 2. The van der Waals surface area contributed by atoms with Gasteiger partial charge in [-0.3, -0.25) is 4.40 Å². The number of nitrogens with zero attached hydrogens (tertiary/aromatic N) is 3. The molecule has 0 atom stereocenters. The van der Waals surface area contributed by atoms with Crippen molar-refractivity contribution in [3.63, 3.8) is 0 Å². The van der Waals surface area contributed by atoms with Crippen molar-refractivity contribution in [3.05, 3.63) is 79.1 Å². The summed E-state index contributed by atoms with van der Waals surface area (Å²) in [6.07, 6.45) is 5.75. The first-order valence-corrected chi connectivity index (χ1v) is 10.6. The molecule has 0 saturated heterocycles. The van der Waals surface area contributed by atoms with E-state index in [-0.39, 0.29) is 0 Å². The van der Waals surface area contributed by atoms with Crippen LogP contribution in [0, 0.1) is 0 Å². The van der Waals surface area contributed by atoms with E-state index in [4.69, 9.17) is 15.5 Å². The van der Waals surface area contributed by atoms with Gasteiger partial charge in [-0.25, -0.2) is 9.97 Å².